The van der Waals surface area contributed by atoms with E-state index in [-0.39, 0.29) is 23.3 Å². The minimum atomic E-state index is -0.463. The number of aliphatic hydroxyl groups excluding tert-OH is 1. The lowest BCUT2D eigenvalue weighted by Crippen LogP contribution is -2.02. The number of hydrogen-bond donors (Lipinski definition) is 1. The molecule has 0 saturated carbocycles. The summed E-state index contributed by atoms with van der Waals surface area (Å²) in [5.74, 6) is 0.271. The first-order chi connectivity index (χ1) is 8.08. The Hall–Kier alpha value is -1.27. The van der Waals surface area contributed by atoms with Gasteiger partial charge in [-0.3, -0.25) is 10.1 Å². The second-order valence-corrected chi connectivity index (χ2v) is 4.94. The highest BCUT2D eigenvalue weighted by Crippen LogP contribution is 2.33. The van der Waals surface area contributed by atoms with Crippen LogP contribution in [0.15, 0.2) is 23.1 Å². The molecule has 0 bridgehead atoms. The summed E-state index contributed by atoms with van der Waals surface area (Å²) in [5.41, 5.74) is -0.0344. The number of benzene rings is 1. The molecule has 1 atom stereocenters. The van der Waals surface area contributed by atoms with Gasteiger partial charge in [0.1, 0.15) is 0 Å². The summed E-state index contributed by atoms with van der Waals surface area (Å²) < 4.78 is 5.24. The van der Waals surface area contributed by atoms with E-state index in [1.165, 1.54) is 17.8 Å². The van der Waals surface area contributed by atoms with Crippen LogP contribution >= 0.6 is 11.8 Å². The maximum absolute atomic E-state index is 10.8. The molecule has 0 aliphatic heterocycles. The van der Waals surface area contributed by atoms with Crippen LogP contribution in [-0.4, -0.2) is 28.5 Å². The summed E-state index contributed by atoms with van der Waals surface area (Å²) in [6, 6.07) is 4.73. The number of nitro groups is 1. The normalized spacial score (nSPS) is 12.2. The molecule has 1 N–H and O–H groups in total. The second-order valence-electron chi connectivity index (χ2n) is 3.43. The molecule has 17 heavy (non-hydrogen) atoms. The molecule has 1 unspecified atom stereocenters. The van der Waals surface area contributed by atoms with Crippen LogP contribution in [0.25, 0.3) is 0 Å². The van der Waals surface area contributed by atoms with Gasteiger partial charge in [-0.2, -0.15) is 0 Å². The van der Waals surface area contributed by atoms with Crippen LogP contribution in [0.3, 0.4) is 0 Å². The molecule has 1 rings (SSSR count). The Bertz CT molecular complexity index is 397. The average Bonchev–Trinajstić information content (AvgIpc) is 2.29. The number of hydrogen-bond acceptors (Lipinski definition) is 5. The van der Waals surface area contributed by atoms with Crippen molar-refractivity contribution in [2.45, 2.75) is 24.0 Å². The lowest BCUT2D eigenvalue weighted by molar-refractivity contribution is -0.385. The molecule has 0 radical (unpaired) electrons. The van der Waals surface area contributed by atoms with Gasteiger partial charge >= 0.3 is 5.69 Å². The van der Waals surface area contributed by atoms with Crippen LogP contribution in [0, 0.1) is 10.1 Å². The molecule has 1 aromatic rings. The van der Waals surface area contributed by atoms with Crippen LogP contribution in [-0.2, 0) is 0 Å². The summed E-state index contributed by atoms with van der Waals surface area (Å²) in [5, 5.41) is 19.8. The highest BCUT2D eigenvalue weighted by atomic mass is 32.2. The monoisotopic (exact) mass is 257 g/mol. The van der Waals surface area contributed by atoms with Crippen molar-refractivity contribution in [1.82, 2.24) is 0 Å². The third kappa shape index (κ3) is 3.90. The predicted octanol–water partition coefficient (Wildman–Crippen LogP) is 2.47. The first-order valence-corrected chi connectivity index (χ1v) is 6.15. The second kappa shape index (κ2) is 6.46. The van der Waals surface area contributed by atoms with E-state index in [4.69, 9.17) is 9.84 Å². The average molecular weight is 257 g/mol. The number of aliphatic hydroxyl groups is 1. The molecular formula is C11H15NO4S. The van der Waals surface area contributed by atoms with Gasteiger partial charge in [0.05, 0.1) is 18.1 Å². The van der Waals surface area contributed by atoms with Crippen molar-refractivity contribution in [3.8, 4) is 5.75 Å². The molecule has 94 valence electrons. The van der Waals surface area contributed by atoms with Crippen molar-refractivity contribution in [2.75, 3.05) is 13.2 Å². The van der Waals surface area contributed by atoms with E-state index >= 15 is 0 Å². The van der Waals surface area contributed by atoms with Crippen molar-refractivity contribution < 1.29 is 14.8 Å². The van der Waals surface area contributed by atoms with Crippen LogP contribution < -0.4 is 4.74 Å². The Kier molecular flexibility index (Phi) is 5.24. The maximum atomic E-state index is 10.8. The van der Waals surface area contributed by atoms with Crippen LogP contribution in [0.1, 0.15) is 13.8 Å². The molecule has 1 aromatic carbocycles. The van der Waals surface area contributed by atoms with Gasteiger partial charge in [-0.15, -0.1) is 11.8 Å². The van der Waals surface area contributed by atoms with E-state index in [0.717, 1.165) is 4.90 Å². The van der Waals surface area contributed by atoms with E-state index in [1.54, 1.807) is 19.1 Å². The molecule has 0 amide bonds. The summed E-state index contributed by atoms with van der Waals surface area (Å²) in [6.45, 7) is 4.10. The Balaban J connectivity index is 2.96. The number of rotatable bonds is 6. The molecular weight excluding hydrogens is 242 g/mol. The van der Waals surface area contributed by atoms with Gasteiger partial charge < -0.3 is 9.84 Å². The Morgan fingerprint density at radius 2 is 2.29 bits per heavy atom. The molecule has 0 aliphatic carbocycles. The first kappa shape index (κ1) is 13.8. The number of nitro benzene ring substituents is 1. The van der Waals surface area contributed by atoms with Crippen molar-refractivity contribution in [3.63, 3.8) is 0 Å². The lowest BCUT2D eigenvalue weighted by Gasteiger charge is -2.09. The van der Waals surface area contributed by atoms with Gasteiger partial charge in [0.2, 0.25) is 0 Å². The van der Waals surface area contributed by atoms with Gasteiger partial charge in [0, 0.05) is 22.3 Å². The smallest absolute Gasteiger partial charge is 0.310 e. The SMILES string of the molecule is CCOc1cc(SC(C)CO)ccc1[N+](=O)[O-]. The van der Waals surface area contributed by atoms with Crippen molar-refractivity contribution in [3.05, 3.63) is 28.3 Å². The third-order valence-corrected chi connectivity index (χ3v) is 3.10. The number of thioether (sulfide) groups is 1. The van der Waals surface area contributed by atoms with E-state index in [2.05, 4.69) is 0 Å². The molecule has 0 spiro atoms. The summed E-state index contributed by atoms with van der Waals surface area (Å²) in [7, 11) is 0. The Morgan fingerprint density at radius 3 is 2.82 bits per heavy atom. The first-order valence-electron chi connectivity index (χ1n) is 5.27. The molecule has 0 aliphatic rings. The predicted molar refractivity (Wildman–Crippen MR) is 66.7 cm³/mol. The van der Waals surface area contributed by atoms with Crippen molar-refractivity contribution in [2.24, 2.45) is 0 Å². The zero-order valence-corrected chi connectivity index (χ0v) is 10.6. The van der Waals surface area contributed by atoms with Gasteiger partial charge in [-0.1, -0.05) is 6.92 Å². The van der Waals surface area contributed by atoms with E-state index < -0.39 is 4.92 Å². The fourth-order valence-electron chi connectivity index (χ4n) is 1.26. The van der Waals surface area contributed by atoms with E-state index in [9.17, 15) is 10.1 Å². The van der Waals surface area contributed by atoms with Crippen LogP contribution in [0.2, 0.25) is 0 Å². The highest BCUT2D eigenvalue weighted by molar-refractivity contribution is 8.00. The standard InChI is InChI=1S/C11H15NO4S/c1-3-16-11-6-9(17-8(2)7-13)4-5-10(11)12(14)15/h4-6,8,13H,3,7H2,1-2H3. The fraction of sp³-hybridized carbons (Fsp3) is 0.455. The van der Waals surface area contributed by atoms with Gasteiger partial charge in [-0.25, -0.2) is 0 Å². The van der Waals surface area contributed by atoms with Crippen molar-refractivity contribution >= 4 is 17.4 Å². The molecule has 6 heteroatoms. The Morgan fingerprint density at radius 1 is 1.59 bits per heavy atom. The largest absolute Gasteiger partial charge is 0.487 e. The lowest BCUT2D eigenvalue weighted by atomic mass is 10.3. The van der Waals surface area contributed by atoms with Crippen LogP contribution in [0.4, 0.5) is 5.69 Å². The van der Waals surface area contributed by atoms with Crippen LogP contribution in [0.5, 0.6) is 5.75 Å². The number of ether oxygens (including phenoxy) is 1. The number of nitrogens with zero attached hydrogens (tertiary/aromatic N) is 1. The summed E-state index contributed by atoms with van der Waals surface area (Å²) in [4.78, 5) is 11.1. The van der Waals surface area contributed by atoms with E-state index in [1.807, 2.05) is 6.92 Å². The summed E-state index contributed by atoms with van der Waals surface area (Å²) >= 11 is 1.45. The molecule has 5 nitrogen and oxygen atoms in total. The quantitative estimate of drug-likeness (QED) is 0.481. The molecule has 0 aromatic heterocycles. The minimum absolute atomic E-state index is 0.0344. The minimum Gasteiger partial charge on any atom is -0.487 e. The van der Waals surface area contributed by atoms with E-state index in [0.29, 0.717) is 6.61 Å². The summed E-state index contributed by atoms with van der Waals surface area (Å²) in [6.07, 6.45) is 0. The molecule has 0 fully saturated rings. The topological polar surface area (TPSA) is 72.6 Å². The zero-order valence-electron chi connectivity index (χ0n) is 9.75. The zero-order chi connectivity index (χ0) is 12.8. The van der Waals surface area contributed by atoms with Crippen molar-refractivity contribution in [1.29, 1.82) is 0 Å². The molecule has 0 saturated heterocycles. The van der Waals surface area contributed by atoms with Gasteiger partial charge in [0.15, 0.2) is 5.75 Å². The Labute approximate surface area is 104 Å². The highest BCUT2D eigenvalue weighted by Gasteiger charge is 2.16. The maximum Gasteiger partial charge on any atom is 0.310 e. The molecule has 0 heterocycles. The third-order valence-electron chi connectivity index (χ3n) is 2.02. The van der Waals surface area contributed by atoms with Gasteiger partial charge in [-0.05, 0) is 13.0 Å². The van der Waals surface area contributed by atoms with Gasteiger partial charge in [0.25, 0.3) is 0 Å². The fourth-order valence-corrected chi connectivity index (χ4v) is 2.12.